The Hall–Kier alpha value is -3.77. The van der Waals surface area contributed by atoms with E-state index in [9.17, 15) is 14.7 Å². The van der Waals surface area contributed by atoms with Gasteiger partial charge < -0.3 is 5.11 Å². The van der Waals surface area contributed by atoms with Gasteiger partial charge in [0.2, 0.25) is 0 Å². The van der Waals surface area contributed by atoms with E-state index in [2.05, 4.69) is 20.8 Å². The predicted octanol–water partition coefficient (Wildman–Crippen LogP) is 6.84. The molecule has 0 spiro atoms. The lowest BCUT2D eigenvalue weighted by atomic mass is 9.85. The number of hydrogen-bond donors (Lipinski definition) is 1. The van der Waals surface area contributed by atoms with E-state index < -0.39 is 17.7 Å². The number of anilines is 1. The molecular weight excluding hydrogens is 468 g/mol. The van der Waals surface area contributed by atoms with Gasteiger partial charge in [-0.05, 0) is 48.1 Å². The SMILES string of the molecule is Cc1ccc(/C(O)=C2\C(=O)C(=O)N(c3nc4ccc(C)cc4s3)C2c2ccc(C(C)(C)C)cc2)cc1. The second-order valence-corrected chi connectivity index (χ2v) is 11.4. The first-order chi connectivity index (χ1) is 17.0. The van der Waals surface area contributed by atoms with E-state index in [4.69, 9.17) is 4.98 Å². The molecule has 1 N–H and O–H groups in total. The number of Topliss-reactive ketones (excluding diaryl/α,β-unsaturated/α-hetero) is 1. The molecule has 1 saturated heterocycles. The number of carbonyl (C=O) groups excluding carboxylic acids is 2. The molecule has 3 aromatic carbocycles. The second-order valence-electron chi connectivity index (χ2n) is 10.4. The average Bonchev–Trinajstić information content (AvgIpc) is 3.36. The number of hydrogen-bond acceptors (Lipinski definition) is 5. The molecule has 1 unspecified atom stereocenters. The molecular formula is C30H28N2O3S. The number of amides is 1. The standard InChI is InChI=1S/C30H28N2O3S/c1-17-6-9-20(10-7-17)26(33)24-25(19-11-13-21(14-12-19)30(3,4)5)32(28(35)27(24)34)29-31-22-15-8-18(2)16-23(22)36-29/h6-16,25,33H,1-5H3/b26-24+. The van der Waals surface area contributed by atoms with Crippen LogP contribution in [0, 0.1) is 13.8 Å². The van der Waals surface area contributed by atoms with Crippen LogP contribution in [0.3, 0.4) is 0 Å². The van der Waals surface area contributed by atoms with Crippen molar-refractivity contribution in [2.75, 3.05) is 4.90 Å². The molecule has 4 aromatic rings. The van der Waals surface area contributed by atoms with Gasteiger partial charge in [-0.2, -0.15) is 0 Å². The lowest BCUT2D eigenvalue weighted by Crippen LogP contribution is -2.29. The molecule has 0 bridgehead atoms. The van der Waals surface area contributed by atoms with Crippen molar-refractivity contribution in [2.45, 2.75) is 46.1 Å². The monoisotopic (exact) mass is 496 g/mol. The first-order valence-electron chi connectivity index (χ1n) is 11.9. The van der Waals surface area contributed by atoms with Crippen LogP contribution in [0.15, 0.2) is 72.3 Å². The number of aryl methyl sites for hydroxylation is 2. The number of aliphatic hydroxyl groups is 1. The van der Waals surface area contributed by atoms with Gasteiger partial charge in [0.25, 0.3) is 5.78 Å². The quantitative estimate of drug-likeness (QED) is 0.192. The molecule has 36 heavy (non-hydrogen) atoms. The van der Waals surface area contributed by atoms with Gasteiger partial charge in [-0.3, -0.25) is 14.5 Å². The lowest BCUT2D eigenvalue weighted by Gasteiger charge is -2.24. The number of fused-ring (bicyclic) bond motifs is 1. The summed E-state index contributed by atoms with van der Waals surface area (Å²) in [5.41, 5.74) is 5.29. The van der Waals surface area contributed by atoms with Gasteiger partial charge in [-0.25, -0.2) is 4.98 Å². The molecule has 0 saturated carbocycles. The normalized spacial score (nSPS) is 17.8. The van der Waals surface area contributed by atoms with Crippen molar-refractivity contribution in [2.24, 2.45) is 0 Å². The van der Waals surface area contributed by atoms with Crippen molar-refractivity contribution in [3.8, 4) is 0 Å². The van der Waals surface area contributed by atoms with Crippen LogP contribution < -0.4 is 4.90 Å². The maximum Gasteiger partial charge on any atom is 0.301 e. The third-order valence-electron chi connectivity index (χ3n) is 6.60. The van der Waals surface area contributed by atoms with Crippen LogP contribution in [0.5, 0.6) is 0 Å². The summed E-state index contributed by atoms with van der Waals surface area (Å²) >= 11 is 1.37. The minimum atomic E-state index is -0.790. The van der Waals surface area contributed by atoms with Gasteiger partial charge in [-0.15, -0.1) is 0 Å². The van der Waals surface area contributed by atoms with E-state index >= 15 is 0 Å². The number of aliphatic hydroxyl groups excluding tert-OH is 1. The first-order valence-corrected chi connectivity index (χ1v) is 12.7. The van der Waals surface area contributed by atoms with Crippen LogP contribution >= 0.6 is 11.3 Å². The van der Waals surface area contributed by atoms with Crippen LogP contribution in [0.25, 0.3) is 16.0 Å². The Kier molecular flexibility index (Phi) is 5.80. The molecule has 1 amide bonds. The van der Waals surface area contributed by atoms with Gasteiger partial charge in [0, 0.05) is 5.56 Å². The number of aromatic nitrogens is 1. The summed E-state index contributed by atoms with van der Waals surface area (Å²) in [6.07, 6.45) is 0. The fourth-order valence-electron chi connectivity index (χ4n) is 4.50. The molecule has 182 valence electrons. The molecule has 2 heterocycles. The summed E-state index contributed by atoms with van der Waals surface area (Å²) in [6, 6.07) is 20.3. The van der Waals surface area contributed by atoms with Gasteiger partial charge in [0.05, 0.1) is 21.8 Å². The highest BCUT2D eigenvalue weighted by Crippen LogP contribution is 2.44. The molecule has 5 nitrogen and oxygen atoms in total. The largest absolute Gasteiger partial charge is 0.507 e. The van der Waals surface area contributed by atoms with E-state index in [1.54, 1.807) is 12.1 Å². The minimum Gasteiger partial charge on any atom is -0.507 e. The van der Waals surface area contributed by atoms with Crippen molar-refractivity contribution >= 4 is 44.1 Å². The van der Waals surface area contributed by atoms with Gasteiger partial charge in [-0.1, -0.05) is 92.3 Å². The van der Waals surface area contributed by atoms with E-state index in [1.165, 1.54) is 16.2 Å². The number of nitrogens with zero attached hydrogens (tertiary/aromatic N) is 2. The van der Waals surface area contributed by atoms with Crippen LogP contribution in [0.2, 0.25) is 0 Å². The summed E-state index contributed by atoms with van der Waals surface area (Å²) in [5.74, 6) is -1.59. The highest BCUT2D eigenvalue weighted by atomic mass is 32.1. The number of carbonyl (C=O) groups is 2. The summed E-state index contributed by atoms with van der Waals surface area (Å²) in [5, 5.41) is 11.8. The zero-order chi connectivity index (χ0) is 25.8. The minimum absolute atomic E-state index is 0.0485. The molecule has 1 aliphatic heterocycles. The van der Waals surface area contributed by atoms with Crippen molar-refractivity contribution < 1.29 is 14.7 Å². The molecule has 0 radical (unpaired) electrons. The molecule has 5 rings (SSSR count). The van der Waals surface area contributed by atoms with Crippen LogP contribution in [0.4, 0.5) is 5.13 Å². The number of ketones is 1. The Morgan fingerprint density at radius 2 is 1.56 bits per heavy atom. The van der Waals surface area contributed by atoms with E-state index in [-0.39, 0.29) is 16.7 Å². The fraction of sp³-hybridized carbons (Fsp3) is 0.233. The predicted molar refractivity (Wildman–Crippen MR) is 145 cm³/mol. The molecule has 6 heteroatoms. The fourth-order valence-corrected chi connectivity index (χ4v) is 5.59. The third kappa shape index (κ3) is 4.11. The number of thiazole rings is 1. The molecule has 1 atom stereocenters. The van der Waals surface area contributed by atoms with Crippen LogP contribution in [0.1, 0.15) is 54.6 Å². The van der Waals surface area contributed by atoms with Crippen LogP contribution in [-0.2, 0) is 15.0 Å². The molecule has 1 fully saturated rings. The summed E-state index contributed by atoms with van der Waals surface area (Å²) in [4.78, 5) is 33.0. The Balaban J connectivity index is 1.71. The summed E-state index contributed by atoms with van der Waals surface area (Å²) < 4.78 is 0.937. The Morgan fingerprint density at radius 3 is 2.19 bits per heavy atom. The number of rotatable bonds is 3. The first kappa shape index (κ1) is 23.9. The summed E-state index contributed by atoms with van der Waals surface area (Å²) in [6.45, 7) is 10.4. The molecule has 1 aromatic heterocycles. The zero-order valence-corrected chi connectivity index (χ0v) is 21.8. The highest BCUT2D eigenvalue weighted by Gasteiger charge is 2.48. The van der Waals surface area contributed by atoms with Crippen LogP contribution in [-0.4, -0.2) is 21.8 Å². The highest BCUT2D eigenvalue weighted by molar-refractivity contribution is 7.22. The maximum absolute atomic E-state index is 13.5. The van der Waals surface area contributed by atoms with Crippen molar-refractivity contribution in [3.05, 3.63) is 100 Å². The lowest BCUT2D eigenvalue weighted by molar-refractivity contribution is -0.132. The van der Waals surface area contributed by atoms with E-state index in [1.807, 2.05) is 68.4 Å². The Labute approximate surface area is 214 Å². The smallest absolute Gasteiger partial charge is 0.301 e. The van der Waals surface area contributed by atoms with Crippen molar-refractivity contribution in [3.63, 3.8) is 0 Å². The molecule has 1 aliphatic rings. The Bertz CT molecular complexity index is 1520. The average molecular weight is 497 g/mol. The Morgan fingerprint density at radius 1 is 0.917 bits per heavy atom. The van der Waals surface area contributed by atoms with E-state index in [0.717, 1.165) is 32.5 Å². The van der Waals surface area contributed by atoms with Gasteiger partial charge in [0.1, 0.15) is 5.76 Å². The van der Waals surface area contributed by atoms with Crippen molar-refractivity contribution in [1.82, 2.24) is 4.98 Å². The topological polar surface area (TPSA) is 70.5 Å². The van der Waals surface area contributed by atoms with Crippen molar-refractivity contribution in [1.29, 1.82) is 0 Å². The molecule has 0 aliphatic carbocycles. The van der Waals surface area contributed by atoms with Gasteiger partial charge >= 0.3 is 5.91 Å². The maximum atomic E-state index is 13.5. The summed E-state index contributed by atoms with van der Waals surface area (Å²) in [7, 11) is 0. The van der Waals surface area contributed by atoms with E-state index in [0.29, 0.717) is 10.7 Å². The zero-order valence-electron chi connectivity index (χ0n) is 21.0. The third-order valence-corrected chi connectivity index (χ3v) is 7.62. The number of benzene rings is 3. The van der Waals surface area contributed by atoms with Gasteiger partial charge in [0.15, 0.2) is 5.13 Å². The second kappa shape index (κ2) is 8.71.